The maximum Gasteiger partial charge on any atom is 0.235 e. The summed E-state index contributed by atoms with van der Waals surface area (Å²) in [4.78, 5) is 20.4. The van der Waals surface area contributed by atoms with Crippen LogP contribution < -0.4 is 5.32 Å². The van der Waals surface area contributed by atoms with Crippen LogP contribution in [0.15, 0.2) is 23.4 Å². The van der Waals surface area contributed by atoms with Gasteiger partial charge in [0.05, 0.1) is 22.3 Å². The van der Waals surface area contributed by atoms with Gasteiger partial charge in [0.1, 0.15) is 11.9 Å². The van der Waals surface area contributed by atoms with Crippen molar-refractivity contribution in [1.82, 2.24) is 14.5 Å². The van der Waals surface area contributed by atoms with Crippen LogP contribution in [-0.2, 0) is 16.1 Å². The predicted octanol–water partition coefficient (Wildman–Crippen LogP) is 3.93. The molecule has 0 spiro atoms. The van der Waals surface area contributed by atoms with Crippen molar-refractivity contribution in [3.63, 3.8) is 0 Å². The SMILES string of the molecule is COCCCn1c(C)c(C)c(C#N)c1NC(=O)CSc1nc2ccc(C)cc2[nH]1. The number of nitrogens with zero attached hydrogens (tertiary/aromatic N) is 3. The van der Waals surface area contributed by atoms with Crippen LogP contribution in [0.2, 0.25) is 0 Å². The number of ether oxygens (including phenoxy) is 1. The van der Waals surface area contributed by atoms with Crippen LogP contribution >= 0.6 is 11.8 Å². The molecule has 2 heterocycles. The van der Waals surface area contributed by atoms with Crippen molar-refractivity contribution in [3.8, 4) is 6.07 Å². The molecule has 7 nitrogen and oxygen atoms in total. The molecule has 0 aliphatic rings. The Bertz CT molecular complexity index is 1080. The highest BCUT2D eigenvalue weighted by Crippen LogP contribution is 2.27. The molecule has 0 unspecified atom stereocenters. The van der Waals surface area contributed by atoms with E-state index in [-0.39, 0.29) is 11.7 Å². The molecular weight excluding hydrogens is 386 g/mol. The monoisotopic (exact) mass is 411 g/mol. The standard InChI is InChI=1S/C21H25N5O2S/c1-13-6-7-17-18(10-13)24-21(23-17)29-12-19(27)25-20-16(11-22)14(2)15(3)26(20)8-5-9-28-4/h6-7,10H,5,8-9,12H2,1-4H3,(H,23,24)(H,25,27). The van der Waals surface area contributed by atoms with Crippen LogP contribution in [0.4, 0.5) is 5.82 Å². The van der Waals surface area contributed by atoms with E-state index in [4.69, 9.17) is 4.74 Å². The number of H-pyrrole nitrogens is 1. The van der Waals surface area contributed by atoms with Crippen molar-refractivity contribution >= 4 is 34.5 Å². The quantitative estimate of drug-likeness (QED) is 0.432. The summed E-state index contributed by atoms with van der Waals surface area (Å²) >= 11 is 1.34. The summed E-state index contributed by atoms with van der Waals surface area (Å²) in [6.07, 6.45) is 0.798. The molecule has 8 heteroatoms. The number of benzene rings is 1. The van der Waals surface area contributed by atoms with Gasteiger partial charge >= 0.3 is 0 Å². The van der Waals surface area contributed by atoms with E-state index in [9.17, 15) is 10.1 Å². The number of rotatable bonds is 8. The molecule has 2 N–H and O–H groups in total. The minimum Gasteiger partial charge on any atom is -0.385 e. The molecule has 0 saturated carbocycles. The Balaban J connectivity index is 1.72. The third-order valence-corrected chi connectivity index (χ3v) is 5.76. The molecule has 0 radical (unpaired) electrons. The van der Waals surface area contributed by atoms with E-state index in [1.165, 1.54) is 11.8 Å². The summed E-state index contributed by atoms with van der Waals surface area (Å²) in [7, 11) is 1.66. The zero-order valence-electron chi connectivity index (χ0n) is 17.1. The third-order valence-electron chi connectivity index (χ3n) is 4.88. The number of carbonyl (C=O) groups excluding carboxylic acids is 1. The summed E-state index contributed by atoms with van der Waals surface area (Å²) in [5, 5.41) is 13.2. The smallest absolute Gasteiger partial charge is 0.235 e. The lowest BCUT2D eigenvalue weighted by Gasteiger charge is -2.12. The first-order valence-corrected chi connectivity index (χ1v) is 10.4. The molecular formula is C21H25N5O2S. The maximum absolute atomic E-state index is 12.6. The third kappa shape index (κ3) is 4.63. The highest BCUT2D eigenvalue weighted by atomic mass is 32.2. The fourth-order valence-electron chi connectivity index (χ4n) is 3.25. The number of anilines is 1. The van der Waals surface area contributed by atoms with Gasteiger partial charge in [-0.3, -0.25) is 4.79 Å². The van der Waals surface area contributed by atoms with Crippen molar-refractivity contribution in [2.75, 3.05) is 24.8 Å². The number of nitrogens with one attached hydrogen (secondary N) is 2. The summed E-state index contributed by atoms with van der Waals surface area (Å²) in [5.41, 5.74) is 5.37. The number of nitriles is 1. The highest BCUT2D eigenvalue weighted by Gasteiger charge is 2.19. The normalized spacial score (nSPS) is 11.0. The lowest BCUT2D eigenvalue weighted by atomic mass is 10.2. The van der Waals surface area contributed by atoms with Gasteiger partial charge in [-0.25, -0.2) is 4.98 Å². The molecule has 1 amide bonds. The van der Waals surface area contributed by atoms with E-state index < -0.39 is 0 Å². The van der Waals surface area contributed by atoms with Crippen molar-refractivity contribution in [3.05, 3.63) is 40.6 Å². The lowest BCUT2D eigenvalue weighted by molar-refractivity contribution is -0.113. The van der Waals surface area contributed by atoms with Gasteiger partial charge in [0.25, 0.3) is 0 Å². The molecule has 29 heavy (non-hydrogen) atoms. The average Bonchev–Trinajstić information content (AvgIpc) is 3.19. The van der Waals surface area contributed by atoms with Gasteiger partial charge in [-0.2, -0.15) is 5.26 Å². The zero-order chi connectivity index (χ0) is 21.0. The van der Waals surface area contributed by atoms with E-state index in [0.29, 0.717) is 29.7 Å². The van der Waals surface area contributed by atoms with E-state index in [1.807, 2.05) is 43.5 Å². The zero-order valence-corrected chi connectivity index (χ0v) is 17.9. The summed E-state index contributed by atoms with van der Waals surface area (Å²) in [6.45, 7) is 7.19. The Morgan fingerprint density at radius 1 is 1.38 bits per heavy atom. The van der Waals surface area contributed by atoms with E-state index >= 15 is 0 Å². The van der Waals surface area contributed by atoms with Gasteiger partial charge in [-0.15, -0.1) is 0 Å². The Morgan fingerprint density at radius 2 is 2.17 bits per heavy atom. The van der Waals surface area contributed by atoms with Crippen LogP contribution in [0.25, 0.3) is 11.0 Å². The second-order valence-electron chi connectivity index (χ2n) is 6.94. The molecule has 0 bridgehead atoms. The van der Waals surface area contributed by atoms with E-state index in [0.717, 1.165) is 34.3 Å². The van der Waals surface area contributed by atoms with Gasteiger partial charge in [0, 0.05) is 26.0 Å². The van der Waals surface area contributed by atoms with Crippen LogP contribution in [-0.4, -0.2) is 39.9 Å². The first kappa shape index (κ1) is 21.0. The average molecular weight is 412 g/mol. The van der Waals surface area contributed by atoms with Gasteiger partial charge in [-0.05, 0) is 50.5 Å². The topological polar surface area (TPSA) is 95.7 Å². The molecule has 0 aliphatic heterocycles. The van der Waals surface area contributed by atoms with Gasteiger partial charge < -0.3 is 19.6 Å². The van der Waals surface area contributed by atoms with E-state index in [2.05, 4.69) is 21.4 Å². The number of hydrogen-bond acceptors (Lipinski definition) is 5. The number of methoxy groups -OCH3 is 1. The largest absolute Gasteiger partial charge is 0.385 e. The fourth-order valence-corrected chi connectivity index (χ4v) is 3.93. The number of aryl methyl sites for hydroxylation is 1. The number of fused-ring (bicyclic) bond motifs is 1. The molecule has 1 aromatic carbocycles. The number of imidazole rings is 1. The van der Waals surface area contributed by atoms with Crippen molar-refractivity contribution in [2.45, 2.75) is 38.9 Å². The summed E-state index contributed by atoms with van der Waals surface area (Å²) in [5.74, 6) is 0.587. The number of aromatic amines is 1. The molecule has 0 atom stereocenters. The van der Waals surface area contributed by atoms with Crippen LogP contribution in [0.3, 0.4) is 0 Å². The molecule has 0 saturated heterocycles. The second-order valence-corrected chi connectivity index (χ2v) is 7.91. The van der Waals surface area contributed by atoms with Gasteiger partial charge in [0.15, 0.2) is 5.16 Å². The van der Waals surface area contributed by atoms with E-state index in [1.54, 1.807) is 7.11 Å². The predicted molar refractivity (Wildman–Crippen MR) is 115 cm³/mol. The van der Waals surface area contributed by atoms with Crippen molar-refractivity contribution < 1.29 is 9.53 Å². The molecule has 2 aromatic heterocycles. The lowest BCUT2D eigenvalue weighted by Crippen LogP contribution is -2.18. The summed E-state index contributed by atoms with van der Waals surface area (Å²) in [6, 6.07) is 8.23. The first-order chi connectivity index (χ1) is 13.9. The Labute approximate surface area is 174 Å². The molecule has 3 aromatic rings. The van der Waals surface area contributed by atoms with Crippen molar-refractivity contribution in [2.24, 2.45) is 0 Å². The number of carbonyl (C=O) groups is 1. The fraction of sp³-hybridized carbons (Fsp3) is 0.381. The van der Waals surface area contributed by atoms with Gasteiger partial charge in [0.2, 0.25) is 5.91 Å². The second kappa shape index (κ2) is 9.16. The number of thioether (sulfide) groups is 1. The Kier molecular flexibility index (Phi) is 6.62. The highest BCUT2D eigenvalue weighted by molar-refractivity contribution is 7.99. The molecule has 0 aliphatic carbocycles. The van der Waals surface area contributed by atoms with Gasteiger partial charge in [-0.1, -0.05) is 17.8 Å². The summed E-state index contributed by atoms with van der Waals surface area (Å²) < 4.78 is 7.11. The first-order valence-electron chi connectivity index (χ1n) is 9.42. The van der Waals surface area contributed by atoms with Crippen molar-refractivity contribution in [1.29, 1.82) is 5.26 Å². The number of aromatic nitrogens is 3. The number of amides is 1. The van der Waals surface area contributed by atoms with Crippen LogP contribution in [0.1, 0.15) is 28.8 Å². The van der Waals surface area contributed by atoms with Crippen LogP contribution in [0.5, 0.6) is 0 Å². The molecule has 0 fully saturated rings. The number of hydrogen-bond donors (Lipinski definition) is 2. The Hall–Kier alpha value is -2.76. The maximum atomic E-state index is 12.6. The Morgan fingerprint density at radius 3 is 2.90 bits per heavy atom. The minimum atomic E-state index is -0.173. The van der Waals surface area contributed by atoms with Crippen LogP contribution in [0, 0.1) is 32.1 Å². The molecule has 152 valence electrons. The minimum absolute atomic E-state index is 0.173. The molecule has 3 rings (SSSR count).